The Labute approximate surface area is 116 Å². The average molecular weight is 281 g/mol. The van der Waals surface area contributed by atoms with Gasteiger partial charge in [-0.2, -0.15) is 0 Å². The molecule has 1 aliphatic rings. The summed E-state index contributed by atoms with van der Waals surface area (Å²) in [4.78, 5) is 0. The van der Waals surface area contributed by atoms with Gasteiger partial charge in [-0.3, -0.25) is 0 Å². The molecule has 0 aliphatic carbocycles. The maximum Gasteiger partial charge on any atom is 0.150 e. The minimum atomic E-state index is -2.77. The molecule has 2 rings (SSSR count). The lowest BCUT2D eigenvalue weighted by atomic mass is 9.94. The number of sulfone groups is 1. The summed E-state index contributed by atoms with van der Waals surface area (Å²) in [6.45, 7) is 5.07. The zero-order valence-corrected chi connectivity index (χ0v) is 12.5. The highest BCUT2D eigenvalue weighted by atomic mass is 32.2. The maximum atomic E-state index is 11.5. The van der Waals surface area contributed by atoms with Gasteiger partial charge in [0.25, 0.3) is 0 Å². The number of rotatable bonds is 5. The molecule has 106 valence electrons. The van der Waals surface area contributed by atoms with Crippen LogP contribution in [-0.2, 0) is 9.84 Å². The molecular formula is C15H23NO2S. The summed E-state index contributed by atoms with van der Waals surface area (Å²) in [5.74, 6) is 1.03. The zero-order chi connectivity index (χ0) is 13.9. The van der Waals surface area contributed by atoms with Crippen LogP contribution in [0.25, 0.3) is 0 Å². The van der Waals surface area contributed by atoms with Crippen LogP contribution in [-0.4, -0.2) is 26.5 Å². The van der Waals surface area contributed by atoms with Crippen molar-refractivity contribution in [1.29, 1.82) is 0 Å². The monoisotopic (exact) mass is 281 g/mol. The van der Waals surface area contributed by atoms with Gasteiger partial charge in [0.05, 0.1) is 11.5 Å². The lowest BCUT2D eigenvalue weighted by Gasteiger charge is -2.21. The molecule has 2 atom stereocenters. The third kappa shape index (κ3) is 4.05. The van der Waals surface area contributed by atoms with E-state index >= 15 is 0 Å². The highest BCUT2D eigenvalue weighted by Gasteiger charge is 2.29. The van der Waals surface area contributed by atoms with E-state index in [2.05, 4.69) is 43.4 Å². The molecule has 1 heterocycles. The number of hydrogen-bond acceptors (Lipinski definition) is 3. The van der Waals surface area contributed by atoms with Crippen LogP contribution >= 0.6 is 0 Å². The van der Waals surface area contributed by atoms with Crippen molar-refractivity contribution in [3.05, 3.63) is 35.4 Å². The smallest absolute Gasteiger partial charge is 0.150 e. The van der Waals surface area contributed by atoms with Crippen molar-refractivity contribution in [2.45, 2.75) is 32.7 Å². The van der Waals surface area contributed by atoms with E-state index in [9.17, 15) is 8.42 Å². The summed E-state index contributed by atoms with van der Waals surface area (Å²) in [7, 11) is -2.77. The van der Waals surface area contributed by atoms with Crippen LogP contribution in [0.4, 0.5) is 0 Å². The van der Waals surface area contributed by atoms with Gasteiger partial charge in [-0.25, -0.2) is 8.42 Å². The number of nitrogens with one attached hydrogen (secondary N) is 1. The summed E-state index contributed by atoms with van der Waals surface area (Å²) >= 11 is 0. The quantitative estimate of drug-likeness (QED) is 0.902. The van der Waals surface area contributed by atoms with Gasteiger partial charge < -0.3 is 5.32 Å². The standard InChI is InChI=1S/C15H23NO2S/c1-3-16-15(14-6-4-12(2)5-7-14)10-13-8-9-19(17,18)11-13/h4-7,13,15-16H,3,8-11H2,1-2H3. The first-order valence-electron chi connectivity index (χ1n) is 7.00. The Balaban J connectivity index is 2.06. The summed E-state index contributed by atoms with van der Waals surface area (Å²) in [6.07, 6.45) is 1.73. The molecule has 0 saturated carbocycles. The fraction of sp³-hybridized carbons (Fsp3) is 0.600. The number of aryl methyl sites for hydroxylation is 1. The van der Waals surface area contributed by atoms with Gasteiger partial charge in [-0.05, 0) is 37.8 Å². The van der Waals surface area contributed by atoms with Crippen molar-refractivity contribution in [1.82, 2.24) is 5.32 Å². The fourth-order valence-electron chi connectivity index (χ4n) is 2.77. The Morgan fingerprint density at radius 3 is 2.53 bits per heavy atom. The van der Waals surface area contributed by atoms with E-state index in [0.29, 0.717) is 17.4 Å². The third-order valence-corrected chi connectivity index (χ3v) is 5.66. The van der Waals surface area contributed by atoms with Gasteiger partial charge in [-0.15, -0.1) is 0 Å². The van der Waals surface area contributed by atoms with E-state index in [-0.39, 0.29) is 6.04 Å². The Bertz CT molecular complexity index is 507. The van der Waals surface area contributed by atoms with Crippen molar-refractivity contribution >= 4 is 9.84 Å². The van der Waals surface area contributed by atoms with Crippen LogP contribution < -0.4 is 5.32 Å². The van der Waals surface area contributed by atoms with Crippen molar-refractivity contribution in [3.63, 3.8) is 0 Å². The lowest BCUT2D eigenvalue weighted by molar-refractivity contribution is 0.422. The molecule has 0 radical (unpaired) electrons. The molecule has 2 unspecified atom stereocenters. The number of benzene rings is 1. The molecule has 3 nitrogen and oxygen atoms in total. The van der Waals surface area contributed by atoms with Crippen LogP contribution in [0, 0.1) is 12.8 Å². The van der Waals surface area contributed by atoms with Gasteiger partial charge >= 0.3 is 0 Å². The predicted octanol–water partition coefficient (Wildman–Crippen LogP) is 2.47. The van der Waals surface area contributed by atoms with Crippen molar-refractivity contribution in [3.8, 4) is 0 Å². The molecular weight excluding hydrogens is 258 g/mol. The van der Waals surface area contributed by atoms with Crippen molar-refractivity contribution in [2.75, 3.05) is 18.1 Å². The summed E-state index contributed by atoms with van der Waals surface area (Å²) in [6, 6.07) is 8.79. The normalized spacial score (nSPS) is 23.4. The largest absolute Gasteiger partial charge is 0.310 e. The third-order valence-electron chi connectivity index (χ3n) is 3.83. The Kier molecular flexibility index (Phi) is 4.63. The molecule has 1 saturated heterocycles. The predicted molar refractivity (Wildman–Crippen MR) is 79.0 cm³/mol. The first-order chi connectivity index (χ1) is 9.00. The second-order valence-corrected chi connectivity index (χ2v) is 7.75. The second kappa shape index (κ2) is 6.06. The van der Waals surface area contributed by atoms with Crippen LogP contribution in [0.15, 0.2) is 24.3 Å². The van der Waals surface area contributed by atoms with Crippen LogP contribution in [0.5, 0.6) is 0 Å². The summed E-state index contributed by atoms with van der Waals surface area (Å²) < 4.78 is 23.1. The van der Waals surface area contributed by atoms with Crippen LogP contribution in [0.3, 0.4) is 0 Å². The topological polar surface area (TPSA) is 46.2 Å². The Morgan fingerprint density at radius 1 is 1.32 bits per heavy atom. The first-order valence-corrected chi connectivity index (χ1v) is 8.82. The van der Waals surface area contributed by atoms with Crippen LogP contribution in [0.2, 0.25) is 0 Å². The zero-order valence-electron chi connectivity index (χ0n) is 11.7. The molecule has 1 aromatic carbocycles. The van der Waals surface area contributed by atoms with E-state index in [1.54, 1.807) is 0 Å². The highest BCUT2D eigenvalue weighted by Crippen LogP contribution is 2.29. The van der Waals surface area contributed by atoms with Gasteiger partial charge in [0, 0.05) is 6.04 Å². The average Bonchev–Trinajstić information content (AvgIpc) is 2.69. The molecule has 19 heavy (non-hydrogen) atoms. The van der Waals surface area contributed by atoms with E-state index in [4.69, 9.17) is 0 Å². The van der Waals surface area contributed by atoms with Crippen LogP contribution in [0.1, 0.15) is 36.9 Å². The van der Waals surface area contributed by atoms with Gasteiger partial charge in [-0.1, -0.05) is 36.8 Å². The molecule has 1 aliphatic heterocycles. The van der Waals surface area contributed by atoms with E-state index in [1.807, 2.05) is 0 Å². The molecule has 0 aromatic heterocycles. The van der Waals surface area contributed by atoms with Gasteiger partial charge in [0.1, 0.15) is 0 Å². The van der Waals surface area contributed by atoms with E-state index in [0.717, 1.165) is 19.4 Å². The summed E-state index contributed by atoms with van der Waals surface area (Å²) in [5, 5.41) is 3.48. The maximum absolute atomic E-state index is 11.5. The number of hydrogen-bond donors (Lipinski definition) is 1. The SMILES string of the molecule is CCNC(CC1CCS(=O)(=O)C1)c1ccc(C)cc1. The van der Waals surface area contributed by atoms with E-state index < -0.39 is 9.84 Å². The fourth-order valence-corrected chi connectivity index (χ4v) is 4.65. The molecule has 1 fully saturated rings. The van der Waals surface area contributed by atoms with Gasteiger partial charge in [0.15, 0.2) is 9.84 Å². The minimum Gasteiger partial charge on any atom is -0.310 e. The summed E-state index contributed by atoms with van der Waals surface area (Å²) in [5.41, 5.74) is 2.51. The van der Waals surface area contributed by atoms with Crippen molar-refractivity contribution in [2.24, 2.45) is 5.92 Å². The highest BCUT2D eigenvalue weighted by molar-refractivity contribution is 7.91. The first kappa shape index (κ1) is 14.5. The van der Waals surface area contributed by atoms with Gasteiger partial charge in [0.2, 0.25) is 0 Å². The minimum absolute atomic E-state index is 0.267. The molecule has 1 N–H and O–H groups in total. The molecule has 1 aromatic rings. The lowest BCUT2D eigenvalue weighted by Crippen LogP contribution is -2.24. The molecule has 0 amide bonds. The van der Waals surface area contributed by atoms with E-state index in [1.165, 1.54) is 11.1 Å². The second-order valence-electron chi connectivity index (χ2n) is 5.53. The molecule has 4 heteroatoms. The molecule has 0 bridgehead atoms. The molecule has 0 spiro atoms. The Morgan fingerprint density at radius 2 is 2.00 bits per heavy atom. The van der Waals surface area contributed by atoms with Crippen molar-refractivity contribution < 1.29 is 8.42 Å². The Hall–Kier alpha value is -0.870.